The summed E-state index contributed by atoms with van der Waals surface area (Å²) in [5.74, 6) is -1.36. The summed E-state index contributed by atoms with van der Waals surface area (Å²) in [6.07, 6.45) is 1.11. The number of H-pyrrole nitrogens is 1. The molecule has 0 saturated carbocycles. The molecule has 0 aliphatic carbocycles. The Kier molecular flexibility index (Phi) is 4.22. The molecule has 110 valence electrons. The molecule has 0 aliphatic heterocycles. The van der Waals surface area contributed by atoms with Gasteiger partial charge in [-0.05, 0) is 26.0 Å². The molecular weight excluding hydrogens is 274 g/mol. The second-order valence-electron chi connectivity index (χ2n) is 4.55. The topological polar surface area (TPSA) is 104 Å². The Balaban J connectivity index is 2.24. The second-order valence-corrected chi connectivity index (χ2v) is 4.55. The molecule has 0 unspecified atom stereocenters. The highest BCUT2D eigenvalue weighted by Crippen LogP contribution is 2.25. The van der Waals surface area contributed by atoms with E-state index in [9.17, 15) is 9.59 Å². The van der Waals surface area contributed by atoms with E-state index < -0.39 is 11.9 Å². The smallest absolute Gasteiger partial charge is 0.354 e. The van der Waals surface area contributed by atoms with E-state index in [0.29, 0.717) is 11.4 Å². The standard InChI is InChI=1S/C14H15N3O4/c1-8(2)21-10-6-4-3-5-9(10)17-13(18)11-12(14(19)20)16-7-15-11/h3-8H,1-2H3,(H,15,16)(H,17,18)(H,19,20). The van der Waals surface area contributed by atoms with E-state index in [2.05, 4.69) is 15.3 Å². The number of para-hydroxylation sites is 2. The van der Waals surface area contributed by atoms with E-state index in [4.69, 9.17) is 9.84 Å². The van der Waals surface area contributed by atoms with Crippen LogP contribution in [0.25, 0.3) is 0 Å². The van der Waals surface area contributed by atoms with Crippen LogP contribution in [0, 0.1) is 0 Å². The fraction of sp³-hybridized carbons (Fsp3) is 0.214. The van der Waals surface area contributed by atoms with Crippen molar-refractivity contribution in [1.82, 2.24) is 9.97 Å². The molecule has 21 heavy (non-hydrogen) atoms. The zero-order valence-electron chi connectivity index (χ0n) is 11.6. The maximum absolute atomic E-state index is 12.1. The number of ether oxygens (including phenoxy) is 1. The van der Waals surface area contributed by atoms with Crippen molar-refractivity contribution in [2.24, 2.45) is 0 Å². The lowest BCUT2D eigenvalue weighted by atomic mass is 10.2. The third-order valence-electron chi connectivity index (χ3n) is 2.57. The van der Waals surface area contributed by atoms with E-state index >= 15 is 0 Å². The Bertz CT molecular complexity index is 664. The number of aromatic amines is 1. The molecule has 1 heterocycles. The van der Waals surface area contributed by atoms with E-state index in [0.717, 1.165) is 6.33 Å². The number of nitrogens with zero attached hydrogens (tertiary/aromatic N) is 1. The average molecular weight is 289 g/mol. The summed E-state index contributed by atoms with van der Waals surface area (Å²) < 4.78 is 5.58. The summed E-state index contributed by atoms with van der Waals surface area (Å²) in [5, 5.41) is 11.6. The molecule has 2 rings (SSSR count). The quantitative estimate of drug-likeness (QED) is 0.782. The molecule has 1 aromatic heterocycles. The lowest BCUT2D eigenvalue weighted by molar-refractivity contribution is 0.0686. The van der Waals surface area contributed by atoms with Gasteiger partial charge in [-0.3, -0.25) is 4.79 Å². The summed E-state index contributed by atoms with van der Waals surface area (Å²) in [5.41, 5.74) is 0.0205. The van der Waals surface area contributed by atoms with Gasteiger partial charge < -0.3 is 20.1 Å². The number of hydrogen-bond donors (Lipinski definition) is 3. The highest BCUT2D eigenvalue weighted by molar-refractivity contribution is 6.09. The van der Waals surface area contributed by atoms with Crippen LogP contribution in [-0.2, 0) is 0 Å². The Hall–Kier alpha value is -2.83. The van der Waals surface area contributed by atoms with Crippen molar-refractivity contribution < 1.29 is 19.4 Å². The van der Waals surface area contributed by atoms with Crippen LogP contribution in [0.4, 0.5) is 5.69 Å². The zero-order valence-corrected chi connectivity index (χ0v) is 11.6. The van der Waals surface area contributed by atoms with Crippen LogP contribution >= 0.6 is 0 Å². The number of rotatable bonds is 5. The van der Waals surface area contributed by atoms with Crippen molar-refractivity contribution in [2.75, 3.05) is 5.32 Å². The molecule has 0 radical (unpaired) electrons. The number of carboxylic acid groups (broad SMARTS) is 1. The number of hydrogen-bond acceptors (Lipinski definition) is 4. The highest BCUT2D eigenvalue weighted by atomic mass is 16.5. The van der Waals surface area contributed by atoms with Gasteiger partial charge in [-0.25, -0.2) is 9.78 Å². The van der Waals surface area contributed by atoms with Gasteiger partial charge in [-0.1, -0.05) is 12.1 Å². The van der Waals surface area contributed by atoms with Gasteiger partial charge >= 0.3 is 5.97 Å². The van der Waals surface area contributed by atoms with Crippen molar-refractivity contribution in [3.8, 4) is 5.75 Å². The number of carbonyl (C=O) groups is 2. The third-order valence-corrected chi connectivity index (χ3v) is 2.57. The number of aromatic nitrogens is 2. The van der Waals surface area contributed by atoms with Crippen molar-refractivity contribution >= 4 is 17.6 Å². The van der Waals surface area contributed by atoms with Crippen LogP contribution in [-0.4, -0.2) is 33.1 Å². The maximum Gasteiger partial charge on any atom is 0.354 e. The highest BCUT2D eigenvalue weighted by Gasteiger charge is 2.20. The first kappa shape index (κ1) is 14.6. The van der Waals surface area contributed by atoms with Crippen LogP contribution in [0.2, 0.25) is 0 Å². The molecule has 2 aromatic rings. The number of aromatic carboxylic acids is 1. The SMILES string of the molecule is CC(C)Oc1ccccc1NC(=O)c1nc[nH]c1C(=O)O. The third kappa shape index (κ3) is 3.38. The second kappa shape index (κ2) is 6.08. The van der Waals surface area contributed by atoms with Crippen LogP contribution in [0.5, 0.6) is 5.75 Å². The Labute approximate surface area is 121 Å². The lowest BCUT2D eigenvalue weighted by Gasteiger charge is -2.14. The van der Waals surface area contributed by atoms with Crippen molar-refractivity contribution in [3.05, 3.63) is 42.0 Å². The molecule has 0 aliphatic rings. The Morgan fingerprint density at radius 1 is 1.33 bits per heavy atom. The van der Waals surface area contributed by atoms with E-state index in [1.807, 2.05) is 13.8 Å². The van der Waals surface area contributed by atoms with Gasteiger partial charge in [0.25, 0.3) is 5.91 Å². The van der Waals surface area contributed by atoms with Crippen molar-refractivity contribution in [2.45, 2.75) is 20.0 Å². The largest absolute Gasteiger partial charge is 0.489 e. The van der Waals surface area contributed by atoms with Gasteiger partial charge in [0, 0.05) is 0 Å². The van der Waals surface area contributed by atoms with Gasteiger partial charge in [-0.2, -0.15) is 0 Å². The predicted molar refractivity (Wildman–Crippen MR) is 75.7 cm³/mol. The number of carbonyl (C=O) groups excluding carboxylic acids is 1. The van der Waals surface area contributed by atoms with Crippen LogP contribution < -0.4 is 10.1 Å². The summed E-state index contributed by atoms with van der Waals surface area (Å²) in [6.45, 7) is 3.74. The Morgan fingerprint density at radius 3 is 2.71 bits per heavy atom. The van der Waals surface area contributed by atoms with Gasteiger partial charge in [0.2, 0.25) is 0 Å². The summed E-state index contributed by atoms with van der Waals surface area (Å²) in [4.78, 5) is 29.3. The molecule has 0 fully saturated rings. The van der Waals surface area contributed by atoms with Crippen molar-refractivity contribution in [1.29, 1.82) is 0 Å². The van der Waals surface area contributed by atoms with Gasteiger partial charge in [0.1, 0.15) is 5.75 Å². The van der Waals surface area contributed by atoms with Gasteiger partial charge in [0.15, 0.2) is 11.4 Å². The maximum atomic E-state index is 12.1. The van der Waals surface area contributed by atoms with Crippen LogP contribution in [0.3, 0.4) is 0 Å². The number of nitrogens with one attached hydrogen (secondary N) is 2. The fourth-order valence-electron chi connectivity index (χ4n) is 1.74. The van der Waals surface area contributed by atoms with E-state index in [1.54, 1.807) is 24.3 Å². The number of carboxylic acids is 1. The molecule has 0 saturated heterocycles. The molecule has 0 atom stereocenters. The Morgan fingerprint density at radius 2 is 2.05 bits per heavy atom. The molecule has 7 nitrogen and oxygen atoms in total. The van der Waals surface area contributed by atoms with E-state index in [-0.39, 0.29) is 17.5 Å². The fourth-order valence-corrected chi connectivity index (χ4v) is 1.74. The molecule has 0 spiro atoms. The van der Waals surface area contributed by atoms with Crippen molar-refractivity contribution in [3.63, 3.8) is 0 Å². The summed E-state index contributed by atoms with van der Waals surface area (Å²) >= 11 is 0. The molecular formula is C14H15N3O4. The minimum absolute atomic E-state index is 0.0528. The lowest BCUT2D eigenvalue weighted by Crippen LogP contribution is -2.17. The van der Waals surface area contributed by atoms with Crippen LogP contribution in [0.1, 0.15) is 34.8 Å². The van der Waals surface area contributed by atoms with Gasteiger partial charge in [0.05, 0.1) is 18.1 Å². The molecule has 0 bridgehead atoms. The number of amides is 1. The minimum atomic E-state index is -1.25. The normalized spacial score (nSPS) is 10.4. The number of anilines is 1. The predicted octanol–water partition coefficient (Wildman–Crippen LogP) is 2.15. The first-order valence-corrected chi connectivity index (χ1v) is 6.32. The number of benzene rings is 1. The molecule has 3 N–H and O–H groups in total. The average Bonchev–Trinajstić information content (AvgIpc) is 2.90. The number of imidazole rings is 1. The first-order valence-electron chi connectivity index (χ1n) is 6.32. The van der Waals surface area contributed by atoms with E-state index in [1.165, 1.54) is 0 Å². The minimum Gasteiger partial charge on any atom is -0.489 e. The zero-order chi connectivity index (χ0) is 15.4. The summed E-state index contributed by atoms with van der Waals surface area (Å²) in [6, 6.07) is 6.91. The monoisotopic (exact) mass is 289 g/mol. The first-order chi connectivity index (χ1) is 9.99. The summed E-state index contributed by atoms with van der Waals surface area (Å²) in [7, 11) is 0. The molecule has 1 amide bonds. The molecule has 7 heteroatoms. The van der Waals surface area contributed by atoms with Crippen LogP contribution in [0.15, 0.2) is 30.6 Å². The molecule has 1 aromatic carbocycles. The van der Waals surface area contributed by atoms with Gasteiger partial charge in [-0.15, -0.1) is 0 Å².